The minimum absolute atomic E-state index is 0.112. The van der Waals surface area contributed by atoms with Gasteiger partial charge in [-0.15, -0.1) is 0 Å². The highest BCUT2D eigenvalue weighted by Gasteiger charge is 2.57. The van der Waals surface area contributed by atoms with Gasteiger partial charge in [-0.05, 0) is 18.9 Å². The summed E-state index contributed by atoms with van der Waals surface area (Å²) in [5.41, 5.74) is 0.377. The minimum atomic E-state index is -0.601. The van der Waals surface area contributed by atoms with Crippen molar-refractivity contribution in [2.75, 3.05) is 26.8 Å². The van der Waals surface area contributed by atoms with Crippen molar-refractivity contribution in [1.82, 2.24) is 4.90 Å². The number of hydrogen-bond acceptors (Lipinski definition) is 4. The molecule has 0 saturated carbocycles. The van der Waals surface area contributed by atoms with Crippen LogP contribution in [0.1, 0.15) is 19.8 Å². The molecule has 16 heavy (non-hydrogen) atoms. The van der Waals surface area contributed by atoms with Crippen molar-refractivity contribution in [3.63, 3.8) is 0 Å². The Hall–Kier alpha value is -0.870. The molecule has 2 heterocycles. The molecule has 0 aromatic heterocycles. The smallest absolute Gasteiger partial charge is 0.330 e. The van der Waals surface area contributed by atoms with Crippen molar-refractivity contribution in [3.05, 3.63) is 12.2 Å². The van der Waals surface area contributed by atoms with Crippen LogP contribution in [-0.4, -0.2) is 49.3 Å². The number of esters is 1. The molecule has 0 bridgehead atoms. The quantitative estimate of drug-likeness (QED) is 0.530. The van der Waals surface area contributed by atoms with E-state index in [2.05, 4.69) is 11.5 Å². The molecule has 0 aliphatic carbocycles. The van der Waals surface area contributed by atoms with Crippen LogP contribution >= 0.6 is 0 Å². The summed E-state index contributed by atoms with van der Waals surface area (Å²) in [7, 11) is 1.69. The Morgan fingerprint density at radius 2 is 2.44 bits per heavy atom. The summed E-state index contributed by atoms with van der Waals surface area (Å²) >= 11 is 0. The highest BCUT2D eigenvalue weighted by atomic mass is 16.5. The minimum Gasteiger partial charge on any atom is -0.464 e. The molecule has 4 heteroatoms. The van der Waals surface area contributed by atoms with Crippen molar-refractivity contribution in [3.8, 4) is 0 Å². The van der Waals surface area contributed by atoms with Gasteiger partial charge in [-0.1, -0.05) is 6.58 Å². The molecule has 90 valence electrons. The van der Waals surface area contributed by atoms with E-state index in [9.17, 15) is 4.79 Å². The fourth-order valence-corrected chi connectivity index (χ4v) is 2.82. The lowest BCUT2D eigenvalue weighted by atomic mass is 9.89. The molecular weight excluding hydrogens is 206 g/mol. The van der Waals surface area contributed by atoms with E-state index in [-0.39, 0.29) is 12.1 Å². The van der Waals surface area contributed by atoms with Crippen LogP contribution in [0.25, 0.3) is 0 Å². The van der Waals surface area contributed by atoms with Crippen molar-refractivity contribution < 1.29 is 14.3 Å². The van der Waals surface area contributed by atoms with Crippen LogP contribution in [0, 0.1) is 0 Å². The monoisotopic (exact) mass is 225 g/mol. The number of carbonyl (C=O) groups is 1. The zero-order valence-electron chi connectivity index (χ0n) is 9.99. The molecule has 2 unspecified atom stereocenters. The molecule has 2 rings (SSSR count). The first kappa shape index (κ1) is 11.6. The third-order valence-corrected chi connectivity index (χ3v) is 3.70. The third kappa shape index (κ3) is 1.48. The van der Waals surface area contributed by atoms with Crippen LogP contribution in [0.5, 0.6) is 0 Å². The van der Waals surface area contributed by atoms with Crippen LogP contribution < -0.4 is 0 Å². The Bertz CT molecular complexity index is 315. The molecule has 2 saturated heterocycles. The van der Waals surface area contributed by atoms with Crippen LogP contribution in [0.4, 0.5) is 0 Å². The van der Waals surface area contributed by atoms with Gasteiger partial charge in [0.05, 0.1) is 12.7 Å². The molecule has 0 spiro atoms. The molecule has 2 fully saturated rings. The summed E-state index contributed by atoms with van der Waals surface area (Å²) in [6.07, 6.45) is 1.68. The van der Waals surface area contributed by atoms with Crippen LogP contribution in [0.2, 0.25) is 0 Å². The van der Waals surface area contributed by atoms with Gasteiger partial charge in [0.1, 0.15) is 5.54 Å². The Morgan fingerprint density at radius 3 is 3.06 bits per heavy atom. The number of hydrogen-bond donors (Lipinski definition) is 0. The number of rotatable bonds is 3. The maximum Gasteiger partial charge on any atom is 0.330 e. The number of ether oxygens (including phenoxy) is 2. The maximum absolute atomic E-state index is 12.1. The molecule has 2 aliphatic rings. The first-order chi connectivity index (χ1) is 7.65. The second kappa shape index (κ2) is 4.18. The van der Waals surface area contributed by atoms with Gasteiger partial charge in [-0.3, -0.25) is 4.90 Å². The molecule has 0 N–H and O–H groups in total. The van der Waals surface area contributed by atoms with Crippen molar-refractivity contribution in [2.24, 2.45) is 0 Å². The van der Waals surface area contributed by atoms with E-state index < -0.39 is 5.54 Å². The molecule has 0 radical (unpaired) electrons. The van der Waals surface area contributed by atoms with Crippen molar-refractivity contribution in [2.45, 2.75) is 31.4 Å². The summed E-state index contributed by atoms with van der Waals surface area (Å²) in [5.74, 6) is -0.156. The van der Waals surface area contributed by atoms with Gasteiger partial charge in [0.25, 0.3) is 0 Å². The predicted octanol–water partition coefficient (Wildman–Crippen LogP) is 0.969. The predicted molar refractivity (Wildman–Crippen MR) is 60.1 cm³/mol. The zero-order chi connectivity index (χ0) is 11.8. The van der Waals surface area contributed by atoms with Gasteiger partial charge in [0.2, 0.25) is 0 Å². The molecule has 2 aliphatic heterocycles. The van der Waals surface area contributed by atoms with E-state index in [1.54, 1.807) is 7.11 Å². The molecular formula is C12H19NO3. The Morgan fingerprint density at radius 1 is 1.69 bits per heavy atom. The SMILES string of the molecule is C=C1CCN2CC(OC)CC12C(=O)OCC. The molecule has 0 amide bonds. The Kier molecular flexibility index (Phi) is 3.04. The molecule has 2 atom stereocenters. The highest BCUT2D eigenvalue weighted by Crippen LogP contribution is 2.43. The second-order valence-corrected chi connectivity index (χ2v) is 4.44. The average Bonchev–Trinajstić information content (AvgIpc) is 2.78. The largest absolute Gasteiger partial charge is 0.464 e. The van der Waals surface area contributed by atoms with Crippen LogP contribution in [-0.2, 0) is 14.3 Å². The van der Waals surface area contributed by atoms with Gasteiger partial charge >= 0.3 is 5.97 Å². The highest BCUT2D eigenvalue weighted by molar-refractivity contribution is 5.86. The number of fused-ring (bicyclic) bond motifs is 1. The van der Waals surface area contributed by atoms with E-state index >= 15 is 0 Å². The summed E-state index contributed by atoms with van der Waals surface area (Å²) in [6, 6.07) is 0. The average molecular weight is 225 g/mol. The molecule has 0 aromatic carbocycles. The van der Waals surface area contributed by atoms with Gasteiger partial charge in [0, 0.05) is 26.6 Å². The van der Waals surface area contributed by atoms with Gasteiger partial charge in [-0.2, -0.15) is 0 Å². The fraction of sp³-hybridized carbons (Fsp3) is 0.750. The number of nitrogens with zero attached hydrogens (tertiary/aromatic N) is 1. The van der Waals surface area contributed by atoms with Gasteiger partial charge in [0.15, 0.2) is 0 Å². The third-order valence-electron chi connectivity index (χ3n) is 3.70. The summed E-state index contributed by atoms with van der Waals surface area (Å²) in [4.78, 5) is 14.3. The van der Waals surface area contributed by atoms with Crippen LogP contribution in [0.3, 0.4) is 0 Å². The number of carbonyl (C=O) groups excluding carboxylic acids is 1. The maximum atomic E-state index is 12.1. The van der Waals surface area contributed by atoms with E-state index in [0.717, 1.165) is 25.1 Å². The Labute approximate surface area is 96.2 Å². The normalized spacial score (nSPS) is 34.1. The van der Waals surface area contributed by atoms with Gasteiger partial charge < -0.3 is 9.47 Å². The zero-order valence-corrected chi connectivity index (χ0v) is 9.99. The van der Waals surface area contributed by atoms with E-state index in [1.165, 1.54) is 0 Å². The lowest BCUT2D eigenvalue weighted by Gasteiger charge is -2.29. The Balaban J connectivity index is 2.25. The summed E-state index contributed by atoms with van der Waals surface area (Å²) in [6.45, 7) is 7.98. The van der Waals surface area contributed by atoms with E-state index in [4.69, 9.17) is 9.47 Å². The summed E-state index contributed by atoms with van der Waals surface area (Å²) < 4.78 is 10.6. The van der Waals surface area contributed by atoms with Gasteiger partial charge in [-0.25, -0.2) is 4.79 Å². The van der Waals surface area contributed by atoms with E-state index in [1.807, 2.05) is 6.92 Å². The lowest BCUT2D eigenvalue weighted by molar-refractivity contribution is -0.152. The first-order valence-corrected chi connectivity index (χ1v) is 5.78. The molecule has 4 nitrogen and oxygen atoms in total. The number of methoxy groups -OCH3 is 1. The fourth-order valence-electron chi connectivity index (χ4n) is 2.82. The van der Waals surface area contributed by atoms with E-state index in [0.29, 0.717) is 13.0 Å². The van der Waals surface area contributed by atoms with Crippen LogP contribution in [0.15, 0.2) is 12.2 Å². The first-order valence-electron chi connectivity index (χ1n) is 5.78. The molecule has 0 aromatic rings. The standard InChI is InChI=1S/C12H19NO3/c1-4-16-11(14)12-7-10(15-3)8-13(12)6-5-9(12)2/h10H,2,4-8H2,1,3H3. The van der Waals surface area contributed by atoms with Crippen molar-refractivity contribution >= 4 is 5.97 Å². The summed E-state index contributed by atoms with van der Waals surface area (Å²) in [5, 5.41) is 0. The second-order valence-electron chi connectivity index (χ2n) is 4.44. The van der Waals surface area contributed by atoms with Crippen molar-refractivity contribution in [1.29, 1.82) is 0 Å². The topological polar surface area (TPSA) is 38.8 Å². The lowest BCUT2D eigenvalue weighted by Crippen LogP contribution is -2.47.